The highest BCUT2D eigenvalue weighted by Gasteiger charge is 2.34. The highest BCUT2D eigenvalue weighted by atomic mass is 35.5. The molecule has 0 bridgehead atoms. The lowest BCUT2D eigenvalue weighted by Gasteiger charge is -2.34. The van der Waals surface area contributed by atoms with Crippen LogP contribution in [-0.2, 0) is 0 Å². The van der Waals surface area contributed by atoms with Crippen LogP contribution in [0.4, 0.5) is 22.7 Å². The average molecular weight is 595 g/mol. The van der Waals surface area contributed by atoms with E-state index in [0.29, 0.717) is 28.5 Å². The first-order valence-corrected chi connectivity index (χ1v) is 15.0. The smallest absolute Gasteiger partial charge is 0.196 e. The van der Waals surface area contributed by atoms with E-state index in [-0.39, 0.29) is 5.78 Å². The Labute approximate surface area is 255 Å². The predicted octanol–water partition coefficient (Wildman–Crippen LogP) is 5.29. The van der Waals surface area contributed by atoms with Crippen molar-refractivity contribution in [2.45, 2.75) is 0 Å². The monoisotopic (exact) mass is 594 g/mol. The number of hydrogen-bond acceptors (Lipinski definition) is 7. The van der Waals surface area contributed by atoms with Crippen molar-refractivity contribution in [3.63, 3.8) is 0 Å². The zero-order valence-corrected chi connectivity index (χ0v) is 24.9. The molecule has 2 N–H and O–H groups in total. The van der Waals surface area contributed by atoms with Crippen molar-refractivity contribution in [1.29, 1.82) is 0 Å². The predicted molar refractivity (Wildman–Crippen MR) is 172 cm³/mol. The van der Waals surface area contributed by atoms with E-state index in [9.17, 15) is 4.79 Å². The summed E-state index contributed by atoms with van der Waals surface area (Å²) in [4.78, 5) is 19.9. The third-order valence-electron chi connectivity index (χ3n) is 8.39. The summed E-state index contributed by atoms with van der Waals surface area (Å²) in [6, 6.07) is 25.4. The van der Waals surface area contributed by atoms with Gasteiger partial charge in [0.05, 0.1) is 48.5 Å². The Hall–Kier alpha value is -4.53. The number of anilines is 4. The minimum atomic E-state index is -0.0230. The summed E-state index contributed by atoms with van der Waals surface area (Å²) >= 11 is 5.99. The van der Waals surface area contributed by atoms with Crippen LogP contribution < -0.4 is 24.8 Å². The molecule has 2 aliphatic rings. The summed E-state index contributed by atoms with van der Waals surface area (Å²) in [5.74, 6) is 1.46. The van der Waals surface area contributed by atoms with Crippen molar-refractivity contribution in [1.82, 2.24) is 5.16 Å². The molecular formula is C34H33ClN5O3+. The molecule has 0 unspecified atom stereocenters. The highest BCUT2D eigenvalue weighted by Crippen LogP contribution is 2.46. The molecule has 2 heterocycles. The van der Waals surface area contributed by atoms with Crippen molar-refractivity contribution in [3.8, 4) is 17.1 Å². The van der Waals surface area contributed by atoms with E-state index >= 15 is 0 Å². The van der Waals surface area contributed by atoms with Crippen molar-refractivity contribution in [2.24, 2.45) is 0 Å². The van der Waals surface area contributed by atoms with Crippen LogP contribution in [0.25, 0.3) is 22.2 Å². The second-order valence-corrected chi connectivity index (χ2v) is 11.7. The van der Waals surface area contributed by atoms with Gasteiger partial charge in [-0.2, -0.15) is 0 Å². The number of ketones is 1. The van der Waals surface area contributed by atoms with E-state index < -0.39 is 0 Å². The van der Waals surface area contributed by atoms with Crippen LogP contribution in [0, 0.1) is 0 Å². The fraction of sp³-hybridized carbons (Fsp3) is 0.235. The summed E-state index contributed by atoms with van der Waals surface area (Å²) in [6.07, 6.45) is 0. The maximum atomic E-state index is 13.9. The van der Waals surface area contributed by atoms with Gasteiger partial charge >= 0.3 is 0 Å². The van der Waals surface area contributed by atoms with Crippen LogP contribution in [-0.4, -0.2) is 64.4 Å². The molecule has 8 nitrogen and oxygen atoms in total. The van der Waals surface area contributed by atoms with Crippen molar-refractivity contribution >= 4 is 51.0 Å². The highest BCUT2D eigenvalue weighted by molar-refractivity contribution is 6.30. The number of benzene rings is 4. The Kier molecular flexibility index (Phi) is 7.16. The summed E-state index contributed by atoms with van der Waals surface area (Å²) in [7, 11) is 4.04. The number of nitrogens with zero attached hydrogens (tertiary/aromatic N) is 3. The first-order chi connectivity index (χ1) is 21.0. The van der Waals surface area contributed by atoms with Crippen LogP contribution in [0.5, 0.6) is 5.75 Å². The van der Waals surface area contributed by atoms with Gasteiger partial charge in [0.25, 0.3) is 0 Å². The molecule has 0 spiro atoms. The molecule has 9 heteroatoms. The molecular weight excluding hydrogens is 562 g/mol. The zero-order chi connectivity index (χ0) is 29.5. The van der Waals surface area contributed by atoms with Gasteiger partial charge < -0.3 is 29.3 Å². The van der Waals surface area contributed by atoms with Gasteiger partial charge in [-0.3, -0.25) is 4.79 Å². The number of nitrogens with one attached hydrogen (secondary N) is 2. The molecule has 1 aliphatic carbocycles. The van der Waals surface area contributed by atoms with Crippen molar-refractivity contribution in [3.05, 3.63) is 95.0 Å². The van der Waals surface area contributed by atoms with Crippen LogP contribution in [0.1, 0.15) is 15.9 Å². The molecule has 1 fully saturated rings. The second kappa shape index (κ2) is 11.3. The van der Waals surface area contributed by atoms with Gasteiger partial charge in [0.15, 0.2) is 11.5 Å². The molecule has 0 saturated carbocycles. The van der Waals surface area contributed by atoms with E-state index in [2.05, 4.69) is 38.5 Å². The molecule has 0 radical (unpaired) electrons. The number of quaternary nitrogens is 1. The average Bonchev–Trinajstić information content (AvgIpc) is 3.47. The van der Waals surface area contributed by atoms with Gasteiger partial charge in [0, 0.05) is 41.6 Å². The standard InChI is InChI=1S/C34H32ClN5O3/c1-38(2)24-11-9-23(10-12-24)36-28-21-29(32-31-30(28)33(41)26-5-3-4-6-27(26)34(31)43-37-32)40-17-15-39(16-18-40)19-20-42-25-13-7-22(35)8-14-25/h3-14,21,36H,15-20H2,1-2H3/p+1. The minimum Gasteiger partial charge on any atom is -0.488 e. The number of halogens is 1. The van der Waals surface area contributed by atoms with Gasteiger partial charge in [-0.15, -0.1) is 0 Å². The number of carbonyl (C=O) groups excluding carboxylic acids is 1. The molecule has 0 atom stereocenters. The minimum absolute atomic E-state index is 0.0230. The fourth-order valence-electron chi connectivity index (χ4n) is 6.04. The summed E-state index contributed by atoms with van der Waals surface area (Å²) in [5.41, 5.74) is 6.51. The number of fused-ring (bicyclic) bond motifs is 2. The zero-order valence-electron chi connectivity index (χ0n) is 24.2. The number of hydrogen-bond donors (Lipinski definition) is 2. The number of ether oxygens (including phenoxy) is 1. The Morgan fingerprint density at radius 3 is 2.44 bits per heavy atom. The molecule has 218 valence electrons. The van der Waals surface area contributed by atoms with Gasteiger partial charge in [-0.1, -0.05) is 41.0 Å². The van der Waals surface area contributed by atoms with E-state index in [4.69, 9.17) is 20.9 Å². The van der Waals surface area contributed by atoms with Crippen molar-refractivity contribution in [2.75, 3.05) is 68.5 Å². The third kappa shape index (κ3) is 5.17. The lowest BCUT2D eigenvalue weighted by molar-refractivity contribution is -0.900. The van der Waals surface area contributed by atoms with Crippen molar-refractivity contribution < 1.29 is 19.0 Å². The van der Waals surface area contributed by atoms with Gasteiger partial charge in [-0.25, -0.2) is 0 Å². The number of aromatic nitrogens is 1. The SMILES string of the molecule is CN(C)c1ccc(Nc2cc(N3CC[NH+](CCOc4ccc(Cl)cc4)CC3)c3noc4c3c2C(=O)c2ccccc2-4)cc1. The molecule has 43 heavy (non-hydrogen) atoms. The van der Waals surface area contributed by atoms with Gasteiger partial charge in [0.1, 0.15) is 24.4 Å². The van der Waals surface area contributed by atoms with E-state index in [1.165, 1.54) is 4.90 Å². The Bertz CT molecular complexity index is 1790. The van der Waals surface area contributed by atoms with E-state index in [1.54, 1.807) is 0 Å². The number of rotatable bonds is 8. The molecule has 1 saturated heterocycles. The largest absolute Gasteiger partial charge is 0.488 e. The molecule has 5 aromatic rings. The molecule has 1 aliphatic heterocycles. The van der Waals surface area contributed by atoms with Gasteiger partial charge in [0.2, 0.25) is 0 Å². The maximum absolute atomic E-state index is 13.9. The Balaban J connectivity index is 1.17. The number of carbonyl (C=O) groups is 1. The van der Waals surface area contributed by atoms with Gasteiger partial charge in [-0.05, 0) is 54.6 Å². The lowest BCUT2D eigenvalue weighted by Crippen LogP contribution is -3.15. The third-order valence-corrected chi connectivity index (χ3v) is 8.64. The fourth-order valence-corrected chi connectivity index (χ4v) is 6.16. The van der Waals surface area contributed by atoms with Crippen LogP contribution in [0.15, 0.2) is 83.4 Å². The molecule has 4 aromatic carbocycles. The summed E-state index contributed by atoms with van der Waals surface area (Å²) in [6.45, 7) is 5.20. The second-order valence-electron chi connectivity index (χ2n) is 11.3. The lowest BCUT2D eigenvalue weighted by atomic mass is 9.86. The normalized spacial score (nSPS) is 14.6. The topological polar surface area (TPSA) is 75.3 Å². The van der Waals surface area contributed by atoms with E-state index in [1.807, 2.05) is 74.8 Å². The first-order valence-electron chi connectivity index (χ1n) is 14.6. The van der Waals surface area contributed by atoms with Crippen LogP contribution >= 0.6 is 11.6 Å². The summed E-state index contributed by atoms with van der Waals surface area (Å²) < 4.78 is 11.9. The summed E-state index contributed by atoms with van der Waals surface area (Å²) in [5, 5.41) is 9.59. The number of piperazine rings is 1. The Morgan fingerprint density at radius 1 is 1.00 bits per heavy atom. The Morgan fingerprint density at radius 2 is 1.72 bits per heavy atom. The van der Waals surface area contributed by atoms with Crippen LogP contribution in [0.2, 0.25) is 5.02 Å². The quantitative estimate of drug-likeness (QED) is 0.248. The molecule has 7 rings (SSSR count). The first kappa shape index (κ1) is 27.3. The van der Waals surface area contributed by atoms with E-state index in [0.717, 1.165) is 77.7 Å². The molecule has 1 aromatic heterocycles. The van der Waals surface area contributed by atoms with Crippen LogP contribution in [0.3, 0.4) is 0 Å². The molecule has 0 amide bonds. The maximum Gasteiger partial charge on any atom is 0.196 e.